The zero-order valence-electron chi connectivity index (χ0n) is 16.7. The minimum atomic E-state index is 0.0752. The number of carbonyl (C=O) groups excluding carboxylic acids is 1. The van der Waals surface area contributed by atoms with E-state index in [0.29, 0.717) is 30.7 Å². The van der Waals surface area contributed by atoms with E-state index >= 15 is 0 Å². The number of hydrogen-bond donors (Lipinski definition) is 1. The van der Waals surface area contributed by atoms with Gasteiger partial charge in [-0.05, 0) is 61.5 Å². The zero-order chi connectivity index (χ0) is 19.2. The van der Waals surface area contributed by atoms with E-state index in [9.17, 15) is 4.79 Å². The summed E-state index contributed by atoms with van der Waals surface area (Å²) in [6.07, 6.45) is 10.8. The molecule has 2 fully saturated rings. The fourth-order valence-electron chi connectivity index (χ4n) is 4.38. The maximum Gasteiger partial charge on any atom is 0.257 e. The predicted octanol–water partition coefficient (Wildman–Crippen LogP) is 4.22. The number of piperidine rings is 1. The average molecular weight is 437 g/mol. The van der Waals surface area contributed by atoms with Gasteiger partial charge in [-0.1, -0.05) is 19.3 Å². The Morgan fingerprint density at radius 2 is 1.78 bits per heavy atom. The first-order valence-corrected chi connectivity index (χ1v) is 11.4. The van der Waals surface area contributed by atoms with Crippen LogP contribution >= 0.6 is 15.9 Å². The first-order chi connectivity index (χ1) is 13.1. The molecule has 1 aromatic rings. The van der Waals surface area contributed by atoms with Crippen molar-refractivity contribution in [2.24, 2.45) is 0 Å². The number of rotatable bonds is 6. The highest BCUT2D eigenvalue weighted by Crippen LogP contribution is 2.27. The van der Waals surface area contributed by atoms with Crippen LogP contribution in [0.4, 0.5) is 5.82 Å². The van der Waals surface area contributed by atoms with E-state index in [1.165, 1.54) is 32.1 Å². The van der Waals surface area contributed by atoms with Crippen LogP contribution < -0.4 is 10.2 Å². The fraction of sp³-hybridized carbons (Fsp3) is 0.714. The van der Waals surface area contributed by atoms with Crippen molar-refractivity contribution >= 4 is 27.7 Å². The Hall–Kier alpha value is -1.14. The van der Waals surface area contributed by atoms with E-state index in [0.717, 1.165) is 36.2 Å². The van der Waals surface area contributed by atoms with Crippen molar-refractivity contribution in [1.29, 1.82) is 0 Å². The number of aromatic nitrogens is 1. The number of amides is 1. The molecule has 5 nitrogen and oxygen atoms in total. The molecule has 1 amide bonds. The summed E-state index contributed by atoms with van der Waals surface area (Å²) in [5.74, 6) is 0.914. The second kappa shape index (κ2) is 9.87. The highest BCUT2D eigenvalue weighted by molar-refractivity contribution is 9.10. The molecule has 0 radical (unpaired) electrons. The number of nitrogens with zero attached hydrogens (tertiary/aromatic N) is 3. The molecule has 0 atom stereocenters. The van der Waals surface area contributed by atoms with Crippen LogP contribution in [0.2, 0.25) is 0 Å². The number of nitrogens with one attached hydrogen (secondary N) is 1. The lowest BCUT2D eigenvalue weighted by atomic mass is 9.93. The summed E-state index contributed by atoms with van der Waals surface area (Å²) < 4.78 is 0.857. The Kier molecular flexibility index (Phi) is 7.53. The van der Waals surface area contributed by atoms with Crippen LogP contribution in [-0.4, -0.2) is 54.1 Å². The SMILES string of the molecule is CCN(CC)C(=O)c1cc(Br)cnc1N1CCC(NC2CCCCC2)CC1. The van der Waals surface area contributed by atoms with Crippen molar-refractivity contribution in [3.05, 3.63) is 22.3 Å². The molecule has 1 saturated heterocycles. The van der Waals surface area contributed by atoms with Gasteiger partial charge in [-0.2, -0.15) is 0 Å². The van der Waals surface area contributed by atoms with Gasteiger partial charge in [-0.15, -0.1) is 0 Å². The van der Waals surface area contributed by atoms with E-state index in [4.69, 9.17) is 0 Å². The molecule has 150 valence electrons. The van der Waals surface area contributed by atoms with Gasteiger partial charge in [-0.3, -0.25) is 4.79 Å². The lowest BCUT2D eigenvalue weighted by Crippen LogP contribution is -2.47. The maximum atomic E-state index is 13.0. The Bertz CT molecular complexity index is 621. The second-order valence-corrected chi connectivity index (χ2v) is 8.68. The van der Waals surface area contributed by atoms with Crippen LogP contribution in [0.3, 0.4) is 0 Å². The van der Waals surface area contributed by atoms with E-state index in [-0.39, 0.29) is 5.91 Å². The standard InChI is InChI=1S/C21H33BrN4O/c1-3-25(4-2)21(27)19-14-16(22)15-23-20(19)26-12-10-18(11-13-26)24-17-8-6-5-7-9-17/h14-15,17-18,24H,3-13H2,1-2H3. The van der Waals surface area contributed by atoms with E-state index in [1.807, 2.05) is 24.8 Å². The fourth-order valence-corrected chi connectivity index (χ4v) is 4.71. The van der Waals surface area contributed by atoms with Crippen molar-refractivity contribution < 1.29 is 4.79 Å². The number of carbonyl (C=O) groups is 1. The molecule has 1 N–H and O–H groups in total. The number of hydrogen-bond acceptors (Lipinski definition) is 4. The number of anilines is 1. The predicted molar refractivity (Wildman–Crippen MR) is 114 cm³/mol. The Balaban J connectivity index is 1.66. The quantitative estimate of drug-likeness (QED) is 0.724. The molecule has 1 aromatic heterocycles. The molecule has 0 spiro atoms. The van der Waals surface area contributed by atoms with Gasteiger partial charge in [0.1, 0.15) is 5.82 Å². The number of halogens is 1. The topological polar surface area (TPSA) is 48.5 Å². The van der Waals surface area contributed by atoms with Crippen LogP contribution in [0.1, 0.15) is 69.2 Å². The summed E-state index contributed by atoms with van der Waals surface area (Å²) in [4.78, 5) is 21.8. The van der Waals surface area contributed by atoms with Crippen molar-refractivity contribution in [3.8, 4) is 0 Å². The molecule has 2 aliphatic rings. The average Bonchev–Trinajstić information content (AvgIpc) is 2.70. The molecule has 27 heavy (non-hydrogen) atoms. The molecule has 1 saturated carbocycles. The molecule has 3 rings (SSSR count). The van der Waals surface area contributed by atoms with Crippen molar-refractivity contribution in [2.45, 2.75) is 70.9 Å². The van der Waals surface area contributed by atoms with Gasteiger partial charge in [-0.25, -0.2) is 4.98 Å². The zero-order valence-corrected chi connectivity index (χ0v) is 18.3. The summed E-state index contributed by atoms with van der Waals surface area (Å²) >= 11 is 3.48. The molecule has 0 bridgehead atoms. The van der Waals surface area contributed by atoms with Gasteiger partial charge in [0.2, 0.25) is 0 Å². The molecular formula is C21H33BrN4O. The van der Waals surface area contributed by atoms with Gasteiger partial charge in [0.15, 0.2) is 0 Å². The first kappa shape index (κ1) is 20.6. The summed E-state index contributed by atoms with van der Waals surface area (Å²) in [5, 5.41) is 3.88. The molecule has 6 heteroatoms. The maximum absolute atomic E-state index is 13.0. The summed E-state index contributed by atoms with van der Waals surface area (Å²) in [6, 6.07) is 3.23. The lowest BCUT2D eigenvalue weighted by Gasteiger charge is -2.37. The second-order valence-electron chi connectivity index (χ2n) is 7.77. The molecule has 0 unspecified atom stereocenters. The van der Waals surface area contributed by atoms with Crippen LogP contribution in [0.25, 0.3) is 0 Å². The largest absolute Gasteiger partial charge is 0.356 e. The molecule has 2 heterocycles. The highest BCUT2D eigenvalue weighted by atomic mass is 79.9. The van der Waals surface area contributed by atoms with Crippen LogP contribution in [0, 0.1) is 0 Å². The van der Waals surface area contributed by atoms with Crippen molar-refractivity contribution in [3.63, 3.8) is 0 Å². The van der Waals surface area contributed by atoms with Crippen LogP contribution in [0.15, 0.2) is 16.7 Å². The van der Waals surface area contributed by atoms with Gasteiger partial charge < -0.3 is 15.1 Å². The number of pyridine rings is 1. The Morgan fingerprint density at radius 3 is 2.41 bits per heavy atom. The Morgan fingerprint density at radius 1 is 1.15 bits per heavy atom. The third-order valence-electron chi connectivity index (χ3n) is 5.99. The summed E-state index contributed by atoms with van der Waals surface area (Å²) in [5.41, 5.74) is 0.715. The van der Waals surface area contributed by atoms with Crippen LogP contribution in [0.5, 0.6) is 0 Å². The molecule has 1 aliphatic heterocycles. The third-order valence-corrected chi connectivity index (χ3v) is 6.42. The van der Waals surface area contributed by atoms with Gasteiger partial charge >= 0.3 is 0 Å². The molecule has 0 aromatic carbocycles. The van der Waals surface area contributed by atoms with Gasteiger partial charge in [0.05, 0.1) is 5.56 Å². The minimum Gasteiger partial charge on any atom is -0.356 e. The monoisotopic (exact) mass is 436 g/mol. The minimum absolute atomic E-state index is 0.0752. The van der Waals surface area contributed by atoms with Gasteiger partial charge in [0, 0.05) is 48.9 Å². The third kappa shape index (κ3) is 5.23. The first-order valence-electron chi connectivity index (χ1n) is 10.6. The Labute approximate surface area is 172 Å². The lowest BCUT2D eigenvalue weighted by molar-refractivity contribution is 0.0773. The summed E-state index contributed by atoms with van der Waals surface area (Å²) in [6.45, 7) is 7.39. The van der Waals surface area contributed by atoms with E-state index in [2.05, 4.69) is 31.1 Å². The van der Waals surface area contributed by atoms with E-state index in [1.54, 1.807) is 6.20 Å². The van der Waals surface area contributed by atoms with E-state index < -0.39 is 0 Å². The molecule has 1 aliphatic carbocycles. The smallest absolute Gasteiger partial charge is 0.257 e. The highest BCUT2D eigenvalue weighted by Gasteiger charge is 2.27. The van der Waals surface area contributed by atoms with Crippen LogP contribution in [-0.2, 0) is 0 Å². The molecular weight excluding hydrogens is 404 g/mol. The van der Waals surface area contributed by atoms with Crippen molar-refractivity contribution in [1.82, 2.24) is 15.2 Å². The van der Waals surface area contributed by atoms with Crippen molar-refractivity contribution in [2.75, 3.05) is 31.1 Å². The van der Waals surface area contributed by atoms with Gasteiger partial charge in [0.25, 0.3) is 5.91 Å². The normalized spacial score (nSPS) is 19.3. The summed E-state index contributed by atoms with van der Waals surface area (Å²) in [7, 11) is 0.